The van der Waals surface area contributed by atoms with Crippen LogP contribution in [-0.2, 0) is 27.2 Å². The zero-order chi connectivity index (χ0) is 18.9. The van der Waals surface area contributed by atoms with E-state index in [2.05, 4.69) is 5.32 Å². The molecule has 0 heterocycles. The Morgan fingerprint density at radius 2 is 1.73 bits per heavy atom. The van der Waals surface area contributed by atoms with E-state index < -0.39 is 5.97 Å². The van der Waals surface area contributed by atoms with E-state index in [0.717, 1.165) is 35.2 Å². The molecule has 1 amide bonds. The van der Waals surface area contributed by atoms with Crippen LogP contribution in [0.2, 0.25) is 5.02 Å². The van der Waals surface area contributed by atoms with Gasteiger partial charge in [-0.25, -0.2) is 4.79 Å². The van der Waals surface area contributed by atoms with Gasteiger partial charge in [0, 0.05) is 16.8 Å². The Kier molecular flexibility index (Phi) is 7.42. The number of hydrogen-bond acceptors (Lipinski definition) is 3. The Bertz CT molecular complexity index is 792. The molecule has 2 rings (SSSR count). The third kappa shape index (κ3) is 5.74. The molecule has 0 saturated heterocycles. The third-order valence-electron chi connectivity index (χ3n) is 3.87. The van der Waals surface area contributed by atoms with Crippen molar-refractivity contribution in [3.63, 3.8) is 0 Å². The van der Waals surface area contributed by atoms with Gasteiger partial charge >= 0.3 is 5.97 Å². The SMILES string of the molecule is CCc1cccc(CC)c1NC(=O)COC(=O)C=Cc1cccc(Cl)c1. The molecule has 2 aromatic rings. The van der Waals surface area contributed by atoms with E-state index in [-0.39, 0.29) is 12.5 Å². The monoisotopic (exact) mass is 371 g/mol. The molecule has 4 nitrogen and oxygen atoms in total. The van der Waals surface area contributed by atoms with Crippen molar-refractivity contribution in [3.05, 3.63) is 70.3 Å². The summed E-state index contributed by atoms with van der Waals surface area (Å²) >= 11 is 5.89. The molecule has 0 saturated carbocycles. The minimum absolute atomic E-state index is 0.333. The molecule has 26 heavy (non-hydrogen) atoms. The summed E-state index contributed by atoms with van der Waals surface area (Å²) in [7, 11) is 0. The number of carbonyl (C=O) groups is 2. The first-order valence-electron chi connectivity index (χ1n) is 8.54. The molecular weight excluding hydrogens is 350 g/mol. The smallest absolute Gasteiger partial charge is 0.331 e. The highest BCUT2D eigenvalue weighted by molar-refractivity contribution is 6.30. The van der Waals surface area contributed by atoms with Crippen LogP contribution in [0.25, 0.3) is 6.08 Å². The van der Waals surface area contributed by atoms with Crippen LogP contribution in [0.3, 0.4) is 0 Å². The summed E-state index contributed by atoms with van der Waals surface area (Å²) in [6.45, 7) is 3.73. The summed E-state index contributed by atoms with van der Waals surface area (Å²) in [5, 5.41) is 3.44. The summed E-state index contributed by atoms with van der Waals surface area (Å²) in [5.41, 5.74) is 3.71. The van der Waals surface area contributed by atoms with Crippen molar-refractivity contribution in [1.82, 2.24) is 0 Å². The zero-order valence-corrected chi connectivity index (χ0v) is 15.7. The van der Waals surface area contributed by atoms with Crippen LogP contribution in [0.1, 0.15) is 30.5 Å². The second-order valence-electron chi connectivity index (χ2n) is 5.70. The molecule has 2 aromatic carbocycles. The number of rotatable bonds is 7. The van der Waals surface area contributed by atoms with Gasteiger partial charge in [-0.15, -0.1) is 0 Å². The molecule has 0 unspecified atom stereocenters. The van der Waals surface area contributed by atoms with E-state index in [1.54, 1.807) is 24.3 Å². The van der Waals surface area contributed by atoms with E-state index in [1.807, 2.05) is 38.1 Å². The highest BCUT2D eigenvalue weighted by Gasteiger charge is 2.11. The highest BCUT2D eigenvalue weighted by atomic mass is 35.5. The molecule has 0 radical (unpaired) electrons. The molecule has 0 atom stereocenters. The fourth-order valence-electron chi connectivity index (χ4n) is 2.54. The van der Waals surface area contributed by atoms with Crippen molar-refractivity contribution >= 4 is 35.2 Å². The lowest BCUT2D eigenvalue weighted by molar-refractivity contribution is -0.142. The van der Waals surface area contributed by atoms with Gasteiger partial charge in [0.2, 0.25) is 0 Å². The van der Waals surface area contributed by atoms with Crippen LogP contribution in [0.5, 0.6) is 0 Å². The van der Waals surface area contributed by atoms with Gasteiger partial charge in [-0.1, -0.05) is 55.8 Å². The van der Waals surface area contributed by atoms with Gasteiger partial charge in [-0.2, -0.15) is 0 Å². The third-order valence-corrected chi connectivity index (χ3v) is 4.10. The van der Waals surface area contributed by atoms with Crippen molar-refractivity contribution in [2.45, 2.75) is 26.7 Å². The first-order valence-corrected chi connectivity index (χ1v) is 8.92. The number of esters is 1. The number of nitrogens with one attached hydrogen (secondary N) is 1. The van der Waals surface area contributed by atoms with E-state index in [9.17, 15) is 9.59 Å². The number of aryl methyl sites for hydroxylation is 2. The number of amides is 1. The van der Waals surface area contributed by atoms with Crippen molar-refractivity contribution in [2.75, 3.05) is 11.9 Å². The van der Waals surface area contributed by atoms with Crippen LogP contribution in [0.15, 0.2) is 48.5 Å². The van der Waals surface area contributed by atoms with Gasteiger partial charge < -0.3 is 10.1 Å². The predicted octanol–water partition coefficient (Wildman–Crippen LogP) is 4.66. The molecule has 0 aliphatic heterocycles. The van der Waals surface area contributed by atoms with E-state index >= 15 is 0 Å². The van der Waals surface area contributed by atoms with Crippen LogP contribution in [-0.4, -0.2) is 18.5 Å². The van der Waals surface area contributed by atoms with Crippen LogP contribution in [0, 0.1) is 0 Å². The number of ether oxygens (including phenoxy) is 1. The maximum atomic E-state index is 12.1. The van der Waals surface area contributed by atoms with Gasteiger partial charge in [-0.05, 0) is 47.7 Å². The number of halogens is 1. The summed E-state index contributed by atoms with van der Waals surface area (Å²) in [6, 6.07) is 13.0. The lowest BCUT2D eigenvalue weighted by Crippen LogP contribution is -2.21. The van der Waals surface area contributed by atoms with Crippen molar-refractivity contribution in [1.29, 1.82) is 0 Å². The molecule has 0 fully saturated rings. The summed E-state index contributed by atoms with van der Waals surface area (Å²) in [4.78, 5) is 23.9. The van der Waals surface area contributed by atoms with Gasteiger partial charge in [0.15, 0.2) is 6.61 Å². The average Bonchev–Trinajstić information content (AvgIpc) is 2.65. The predicted molar refractivity (Wildman–Crippen MR) is 105 cm³/mol. The van der Waals surface area contributed by atoms with Gasteiger partial charge in [0.1, 0.15) is 0 Å². The molecule has 136 valence electrons. The Balaban J connectivity index is 1.92. The largest absolute Gasteiger partial charge is 0.452 e. The summed E-state index contributed by atoms with van der Waals surface area (Å²) < 4.78 is 5.00. The van der Waals surface area contributed by atoms with Crippen molar-refractivity contribution in [2.24, 2.45) is 0 Å². The van der Waals surface area contributed by atoms with Crippen LogP contribution >= 0.6 is 11.6 Å². The second kappa shape index (κ2) is 9.78. The molecule has 0 aliphatic rings. The Morgan fingerprint density at radius 1 is 1.08 bits per heavy atom. The number of anilines is 1. The van der Waals surface area contributed by atoms with Gasteiger partial charge in [0.05, 0.1) is 0 Å². The molecule has 1 N–H and O–H groups in total. The fourth-order valence-corrected chi connectivity index (χ4v) is 2.74. The lowest BCUT2D eigenvalue weighted by Gasteiger charge is -2.14. The van der Waals surface area contributed by atoms with Crippen molar-refractivity contribution < 1.29 is 14.3 Å². The normalized spacial score (nSPS) is 10.7. The number of hydrogen-bond donors (Lipinski definition) is 1. The Labute approximate surface area is 158 Å². The number of carbonyl (C=O) groups excluding carboxylic acids is 2. The molecule has 0 aromatic heterocycles. The van der Waals surface area contributed by atoms with Crippen LogP contribution in [0.4, 0.5) is 5.69 Å². The minimum atomic E-state index is -0.584. The van der Waals surface area contributed by atoms with E-state index in [1.165, 1.54) is 6.08 Å². The quantitative estimate of drug-likeness (QED) is 0.568. The molecular formula is C21H22ClNO3. The summed E-state index contributed by atoms with van der Waals surface area (Å²) in [5.74, 6) is -0.940. The Morgan fingerprint density at radius 3 is 2.35 bits per heavy atom. The lowest BCUT2D eigenvalue weighted by atomic mass is 10.0. The molecule has 5 heteroatoms. The first-order chi connectivity index (χ1) is 12.5. The fraction of sp³-hybridized carbons (Fsp3) is 0.238. The van der Waals surface area contributed by atoms with Crippen LogP contribution < -0.4 is 5.32 Å². The topological polar surface area (TPSA) is 55.4 Å². The first kappa shape index (κ1) is 19.7. The molecule has 0 aliphatic carbocycles. The van der Waals surface area contributed by atoms with Crippen molar-refractivity contribution in [3.8, 4) is 0 Å². The maximum absolute atomic E-state index is 12.1. The molecule has 0 bridgehead atoms. The minimum Gasteiger partial charge on any atom is -0.452 e. The average molecular weight is 372 g/mol. The van der Waals surface area contributed by atoms with E-state index in [0.29, 0.717) is 5.02 Å². The van der Waals surface area contributed by atoms with E-state index in [4.69, 9.17) is 16.3 Å². The number of benzene rings is 2. The molecule has 0 spiro atoms. The Hall–Kier alpha value is -2.59. The van der Waals surface area contributed by atoms with Gasteiger partial charge in [0.25, 0.3) is 5.91 Å². The second-order valence-corrected chi connectivity index (χ2v) is 6.14. The maximum Gasteiger partial charge on any atom is 0.331 e. The highest BCUT2D eigenvalue weighted by Crippen LogP contribution is 2.22. The zero-order valence-electron chi connectivity index (χ0n) is 14.9. The number of para-hydroxylation sites is 1. The summed E-state index contributed by atoms with van der Waals surface area (Å²) in [6.07, 6.45) is 4.49. The van der Waals surface area contributed by atoms with Gasteiger partial charge in [-0.3, -0.25) is 4.79 Å². The standard InChI is InChI=1S/C21H22ClNO3/c1-3-16-8-6-9-17(4-2)21(16)23-19(24)14-26-20(25)12-11-15-7-5-10-18(22)13-15/h5-13H,3-4,14H2,1-2H3,(H,23,24).